The Bertz CT molecular complexity index is 1570. The van der Waals surface area contributed by atoms with Crippen molar-refractivity contribution in [2.24, 2.45) is 0 Å². The molecule has 3 aromatic rings. The quantitative estimate of drug-likeness (QED) is 0.347. The van der Waals surface area contributed by atoms with Crippen molar-refractivity contribution in [1.82, 2.24) is 0 Å². The molecule has 39 heavy (non-hydrogen) atoms. The van der Waals surface area contributed by atoms with Gasteiger partial charge in [-0.15, -0.1) is 0 Å². The summed E-state index contributed by atoms with van der Waals surface area (Å²) in [6, 6.07) is 17.5. The molecule has 0 unspecified atom stereocenters. The Kier molecular flexibility index (Phi) is 7.52. The number of carbonyl (C=O) groups excluding carboxylic acids is 2. The molecule has 0 saturated carbocycles. The van der Waals surface area contributed by atoms with E-state index in [9.17, 15) is 26.4 Å². The van der Waals surface area contributed by atoms with E-state index in [1.54, 1.807) is 32.9 Å². The Hall–Kier alpha value is -3.09. The lowest BCUT2D eigenvalue weighted by atomic mass is 9.94. The zero-order valence-corrected chi connectivity index (χ0v) is 24.4. The number of sulfone groups is 2. The monoisotopic (exact) mass is 637 g/mol. The number of nitrogens with zero attached hydrogens (tertiary/aromatic N) is 1. The first-order valence-corrected chi connectivity index (χ1v) is 15.6. The summed E-state index contributed by atoms with van der Waals surface area (Å²) < 4.78 is 75.5. The summed E-state index contributed by atoms with van der Waals surface area (Å²) in [6.07, 6.45) is -2.48. The number of benzene rings is 3. The molecule has 1 aliphatic rings. The summed E-state index contributed by atoms with van der Waals surface area (Å²) in [5.41, 5.74) is -4.77. The van der Waals surface area contributed by atoms with E-state index in [4.69, 9.17) is 4.74 Å². The highest BCUT2D eigenvalue weighted by atomic mass is 79.9. The molecule has 8 nitrogen and oxygen atoms in total. The summed E-state index contributed by atoms with van der Waals surface area (Å²) in [4.78, 5) is 26.4. The number of fused-ring (bicyclic) bond motifs is 1. The number of anilines is 1. The second-order valence-electron chi connectivity index (χ2n) is 9.93. The van der Waals surface area contributed by atoms with Crippen LogP contribution in [-0.2, 0) is 34.9 Å². The molecule has 0 aliphatic carbocycles. The molecule has 0 bridgehead atoms. The van der Waals surface area contributed by atoms with Crippen LogP contribution in [0.15, 0.2) is 93.1 Å². The third kappa shape index (κ3) is 5.37. The summed E-state index contributed by atoms with van der Waals surface area (Å²) in [5.74, 6) is -1.44. The zero-order chi connectivity index (χ0) is 28.8. The minimum absolute atomic E-state index is 0.173. The first kappa shape index (κ1) is 28.9. The van der Waals surface area contributed by atoms with Crippen molar-refractivity contribution in [3.05, 3.63) is 88.9 Å². The molecule has 0 fully saturated rings. The average molecular weight is 639 g/mol. The SMILES string of the molecule is CC(C)(C)OC(=O)N1C(=O)[C@](F)(CC(S(=O)(=O)c2ccccc2)S(=O)(=O)c2ccccc2)c2cc(Br)ccc21. The topological polar surface area (TPSA) is 115 Å². The molecule has 0 spiro atoms. The van der Waals surface area contributed by atoms with Gasteiger partial charge in [0.2, 0.25) is 5.67 Å². The van der Waals surface area contributed by atoms with Crippen molar-refractivity contribution >= 4 is 53.3 Å². The Morgan fingerprint density at radius 1 is 0.923 bits per heavy atom. The number of ether oxygens (including phenoxy) is 1. The summed E-state index contributed by atoms with van der Waals surface area (Å²) in [6.45, 7) is 4.68. The van der Waals surface area contributed by atoms with Gasteiger partial charge in [0.1, 0.15) is 5.60 Å². The molecular formula is C27H25BrFNO7S2. The van der Waals surface area contributed by atoms with Gasteiger partial charge in [0, 0.05) is 16.5 Å². The molecular weight excluding hydrogens is 613 g/mol. The first-order valence-electron chi connectivity index (χ1n) is 11.7. The average Bonchev–Trinajstić information content (AvgIpc) is 3.08. The lowest BCUT2D eigenvalue weighted by molar-refractivity contribution is -0.129. The highest BCUT2D eigenvalue weighted by Crippen LogP contribution is 2.49. The second kappa shape index (κ2) is 10.1. The van der Waals surface area contributed by atoms with Crippen LogP contribution in [0.3, 0.4) is 0 Å². The standard InChI is InChI=1S/C27H25BrFNO7S2/c1-26(2,3)37-25(32)30-22-15-14-18(28)16-21(22)27(29,24(30)31)17-23(38(33,34)19-10-6-4-7-11-19)39(35,36)20-12-8-5-9-13-20/h4-16,23H,17H2,1-3H3/t27-/m0/s1. The van der Waals surface area contributed by atoms with Crippen LogP contribution in [0, 0.1) is 0 Å². The van der Waals surface area contributed by atoms with Gasteiger partial charge < -0.3 is 4.74 Å². The third-order valence-corrected chi connectivity index (χ3v) is 11.6. The van der Waals surface area contributed by atoms with Crippen LogP contribution in [0.2, 0.25) is 0 Å². The molecule has 1 aliphatic heterocycles. The van der Waals surface area contributed by atoms with Crippen molar-refractivity contribution in [1.29, 1.82) is 0 Å². The van der Waals surface area contributed by atoms with Crippen LogP contribution in [0.25, 0.3) is 0 Å². The molecule has 2 amide bonds. The molecule has 0 N–H and O–H groups in total. The number of carbonyl (C=O) groups is 2. The number of halogens is 2. The molecule has 0 aromatic heterocycles. The van der Waals surface area contributed by atoms with Gasteiger partial charge >= 0.3 is 6.09 Å². The van der Waals surface area contributed by atoms with Gasteiger partial charge in [-0.2, -0.15) is 0 Å². The number of rotatable bonds is 6. The fourth-order valence-electron chi connectivity index (χ4n) is 4.25. The fraction of sp³-hybridized carbons (Fsp3) is 0.259. The molecule has 1 heterocycles. The minimum atomic E-state index is -4.76. The maximum absolute atomic E-state index is 17.1. The van der Waals surface area contributed by atoms with Gasteiger partial charge in [-0.25, -0.2) is 30.9 Å². The second-order valence-corrected chi connectivity index (χ2v) is 15.4. The van der Waals surface area contributed by atoms with Gasteiger partial charge in [0.05, 0.1) is 15.5 Å². The van der Waals surface area contributed by atoms with E-state index in [2.05, 4.69) is 15.9 Å². The summed E-state index contributed by atoms with van der Waals surface area (Å²) in [7, 11) is -9.52. The fourth-order valence-corrected chi connectivity index (χ4v) is 9.19. The first-order chi connectivity index (χ1) is 18.1. The lowest BCUT2D eigenvalue weighted by Gasteiger charge is -2.27. The maximum Gasteiger partial charge on any atom is 0.421 e. The Morgan fingerprint density at radius 2 is 1.41 bits per heavy atom. The van der Waals surface area contributed by atoms with E-state index in [-0.39, 0.29) is 21.0 Å². The molecule has 206 valence electrons. The van der Waals surface area contributed by atoms with Gasteiger partial charge in [-0.1, -0.05) is 52.3 Å². The van der Waals surface area contributed by atoms with Gasteiger partial charge in [0.15, 0.2) is 24.3 Å². The predicted octanol–water partition coefficient (Wildman–Crippen LogP) is 5.56. The van der Waals surface area contributed by atoms with Crippen LogP contribution in [0.4, 0.5) is 14.9 Å². The van der Waals surface area contributed by atoms with Crippen molar-refractivity contribution in [3.63, 3.8) is 0 Å². The van der Waals surface area contributed by atoms with E-state index in [0.717, 1.165) is 0 Å². The van der Waals surface area contributed by atoms with Crippen LogP contribution < -0.4 is 4.90 Å². The molecule has 0 saturated heterocycles. The number of amides is 2. The smallest absolute Gasteiger partial charge is 0.421 e. The van der Waals surface area contributed by atoms with E-state index in [0.29, 0.717) is 9.37 Å². The van der Waals surface area contributed by atoms with Crippen molar-refractivity contribution in [2.75, 3.05) is 4.90 Å². The molecule has 3 aromatic carbocycles. The summed E-state index contributed by atoms with van der Waals surface area (Å²) >= 11 is 3.21. The van der Waals surface area contributed by atoms with E-state index in [1.165, 1.54) is 66.7 Å². The van der Waals surface area contributed by atoms with Crippen molar-refractivity contribution < 1.29 is 35.6 Å². The highest BCUT2D eigenvalue weighted by molar-refractivity contribution is 9.10. The van der Waals surface area contributed by atoms with Crippen LogP contribution in [0.1, 0.15) is 32.8 Å². The Labute approximate surface area is 234 Å². The van der Waals surface area contributed by atoms with Gasteiger partial charge in [-0.05, 0) is 63.2 Å². The van der Waals surface area contributed by atoms with E-state index < -0.39 is 53.9 Å². The molecule has 12 heteroatoms. The Balaban J connectivity index is 1.91. The number of alkyl halides is 1. The zero-order valence-electron chi connectivity index (χ0n) is 21.2. The van der Waals surface area contributed by atoms with Crippen LogP contribution >= 0.6 is 15.9 Å². The number of imide groups is 1. The Morgan fingerprint density at radius 3 is 1.87 bits per heavy atom. The van der Waals surface area contributed by atoms with Crippen molar-refractivity contribution in [3.8, 4) is 0 Å². The van der Waals surface area contributed by atoms with Gasteiger partial charge in [-0.3, -0.25) is 4.79 Å². The summed E-state index contributed by atoms with van der Waals surface area (Å²) in [5, 5.41) is 0. The minimum Gasteiger partial charge on any atom is -0.443 e. The molecule has 4 rings (SSSR count). The largest absolute Gasteiger partial charge is 0.443 e. The van der Waals surface area contributed by atoms with Crippen molar-refractivity contribution in [2.45, 2.75) is 52.8 Å². The molecule has 0 radical (unpaired) electrons. The maximum atomic E-state index is 17.1. The lowest BCUT2D eigenvalue weighted by Crippen LogP contribution is -2.46. The van der Waals surface area contributed by atoms with Crippen LogP contribution in [0.5, 0.6) is 0 Å². The normalized spacial score (nSPS) is 17.8. The highest BCUT2D eigenvalue weighted by Gasteiger charge is 2.59. The van der Waals surface area contributed by atoms with Gasteiger partial charge in [0.25, 0.3) is 5.91 Å². The molecule has 1 atom stereocenters. The van der Waals surface area contributed by atoms with E-state index >= 15 is 4.39 Å². The predicted molar refractivity (Wildman–Crippen MR) is 146 cm³/mol. The third-order valence-electron chi connectivity index (χ3n) is 6.03. The number of hydrogen-bond acceptors (Lipinski definition) is 7. The van der Waals surface area contributed by atoms with Crippen LogP contribution in [-0.4, -0.2) is 39.0 Å². The number of hydrogen-bond donors (Lipinski definition) is 0. The van der Waals surface area contributed by atoms with E-state index in [1.807, 2.05) is 0 Å².